The lowest BCUT2D eigenvalue weighted by molar-refractivity contribution is -0.156. The first-order chi connectivity index (χ1) is 14.7. The smallest absolute Gasteiger partial charge is 0.331 e. The van der Waals surface area contributed by atoms with Crippen LogP contribution in [0.5, 0.6) is 0 Å². The predicted molar refractivity (Wildman–Crippen MR) is 131 cm³/mol. The molecule has 3 nitrogen and oxygen atoms in total. The van der Waals surface area contributed by atoms with E-state index in [0.717, 1.165) is 26.9 Å². The second-order valence-electron chi connectivity index (χ2n) is 8.20. The molecule has 0 fully saturated rings. The maximum absolute atomic E-state index is 13.2. The topological polar surface area (TPSA) is 38.7 Å². The summed E-state index contributed by atoms with van der Waals surface area (Å²) in [5.41, 5.74) is 2.90. The molecule has 160 valence electrons. The van der Waals surface area contributed by atoms with Gasteiger partial charge in [0.1, 0.15) is 5.60 Å². The quantitative estimate of drug-likeness (QED) is 0.274. The van der Waals surface area contributed by atoms with Gasteiger partial charge in [0, 0.05) is 27.0 Å². The van der Waals surface area contributed by atoms with Gasteiger partial charge in [-0.05, 0) is 44.5 Å². The number of carbonyl (C=O) groups excluding carboxylic acids is 1. The Kier molecular flexibility index (Phi) is 7.69. The second-order valence-corrected chi connectivity index (χ2v) is 9.49. The molecule has 0 aromatic heterocycles. The lowest BCUT2D eigenvalue weighted by Gasteiger charge is -2.23. The van der Waals surface area contributed by atoms with E-state index in [-0.39, 0.29) is 5.97 Å². The summed E-state index contributed by atoms with van der Waals surface area (Å²) in [5, 5.41) is 0.608. The van der Waals surface area contributed by atoms with Crippen molar-refractivity contribution < 1.29 is 9.53 Å². The Morgan fingerprint density at radius 2 is 1.52 bits per heavy atom. The molecule has 5 heteroatoms. The number of aliphatic imine (C=N–C) groups is 1. The van der Waals surface area contributed by atoms with Crippen LogP contribution in [0.25, 0.3) is 0 Å². The van der Waals surface area contributed by atoms with Crippen molar-refractivity contribution in [2.24, 2.45) is 4.99 Å². The molecule has 0 aliphatic rings. The van der Waals surface area contributed by atoms with E-state index in [1.54, 1.807) is 6.07 Å². The molecular weight excluding hydrogens is 474 g/mol. The van der Waals surface area contributed by atoms with Crippen LogP contribution in [0.3, 0.4) is 0 Å². The minimum absolute atomic E-state index is 0.360. The Balaban J connectivity index is 2.09. The molecule has 1 atom stereocenters. The van der Waals surface area contributed by atoms with Gasteiger partial charge in [0.25, 0.3) is 0 Å². The first kappa shape index (κ1) is 23.2. The second kappa shape index (κ2) is 10.3. The lowest BCUT2D eigenvalue weighted by Crippen LogP contribution is -2.33. The summed E-state index contributed by atoms with van der Waals surface area (Å²) in [6.07, 6.45) is 0.360. The fourth-order valence-electron chi connectivity index (χ4n) is 3.12. The van der Waals surface area contributed by atoms with Crippen LogP contribution in [0, 0.1) is 0 Å². The van der Waals surface area contributed by atoms with E-state index in [1.165, 1.54) is 0 Å². The molecule has 0 aliphatic carbocycles. The molecule has 0 saturated carbocycles. The summed E-state index contributed by atoms with van der Waals surface area (Å²) < 4.78 is 6.60. The van der Waals surface area contributed by atoms with E-state index in [2.05, 4.69) is 15.9 Å². The monoisotopic (exact) mass is 497 g/mol. The maximum Gasteiger partial charge on any atom is 0.331 e. The van der Waals surface area contributed by atoms with Crippen molar-refractivity contribution in [1.29, 1.82) is 0 Å². The van der Waals surface area contributed by atoms with Gasteiger partial charge in [-0.3, -0.25) is 4.99 Å². The fraction of sp³-hybridized carbons (Fsp3) is 0.231. The molecule has 0 amide bonds. The van der Waals surface area contributed by atoms with Gasteiger partial charge in [0.2, 0.25) is 0 Å². The van der Waals surface area contributed by atoms with Gasteiger partial charge in [-0.15, -0.1) is 0 Å². The van der Waals surface area contributed by atoms with E-state index in [1.807, 2.05) is 93.6 Å². The average molecular weight is 499 g/mol. The van der Waals surface area contributed by atoms with Crippen LogP contribution in [0.1, 0.15) is 37.5 Å². The van der Waals surface area contributed by atoms with Gasteiger partial charge in [0.15, 0.2) is 6.04 Å². The van der Waals surface area contributed by atoms with E-state index in [9.17, 15) is 4.79 Å². The number of nitrogens with zero attached hydrogens (tertiary/aromatic N) is 1. The predicted octanol–water partition coefficient (Wildman–Crippen LogP) is 6.89. The van der Waals surface area contributed by atoms with E-state index < -0.39 is 11.6 Å². The van der Waals surface area contributed by atoms with Gasteiger partial charge in [-0.2, -0.15) is 0 Å². The highest BCUT2D eigenvalue weighted by atomic mass is 79.9. The summed E-state index contributed by atoms with van der Waals surface area (Å²) in [6.45, 7) is 5.57. The summed E-state index contributed by atoms with van der Waals surface area (Å²) in [7, 11) is 0. The maximum atomic E-state index is 13.2. The number of carbonyl (C=O) groups is 1. The molecule has 0 radical (unpaired) electrons. The Morgan fingerprint density at radius 3 is 2.03 bits per heavy atom. The fourth-order valence-corrected chi connectivity index (χ4v) is 3.73. The highest BCUT2D eigenvalue weighted by Gasteiger charge is 2.27. The number of esters is 1. The zero-order chi connectivity index (χ0) is 22.4. The molecular formula is C26H25BrClNO2. The van der Waals surface area contributed by atoms with Gasteiger partial charge in [0.05, 0.1) is 5.71 Å². The SMILES string of the molecule is CC(C)(C)OC(=O)[C@@H](Cc1cc(Cl)ccc1Br)N=C(c1ccccc1)c1ccccc1. The molecule has 3 aromatic rings. The van der Waals surface area contributed by atoms with Crippen molar-refractivity contribution in [2.75, 3.05) is 0 Å². The van der Waals surface area contributed by atoms with Crippen LogP contribution >= 0.6 is 27.5 Å². The van der Waals surface area contributed by atoms with Crippen molar-refractivity contribution in [2.45, 2.75) is 38.8 Å². The molecule has 0 N–H and O–H groups in total. The average Bonchev–Trinajstić information content (AvgIpc) is 2.73. The van der Waals surface area contributed by atoms with Crippen molar-refractivity contribution >= 4 is 39.2 Å². The van der Waals surface area contributed by atoms with Crippen molar-refractivity contribution in [3.8, 4) is 0 Å². The van der Waals surface area contributed by atoms with Crippen molar-refractivity contribution in [1.82, 2.24) is 0 Å². The normalized spacial score (nSPS) is 12.2. The van der Waals surface area contributed by atoms with Crippen LogP contribution in [0.2, 0.25) is 5.02 Å². The number of benzene rings is 3. The van der Waals surface area contributed by atoms with Gasteiger partial charge in [-0.25, -0.2) is 4.79 Å². The number of rotatable bonds is 6. The number of hydrogen-bond donors (Lipinski definition) is 0. The van der Waals surface area contributed by atoms with Gasteiger partial charge < -0.3 is 4.74 Å². The van der Waals surface area contributed by atoms with Crippen LogP contribution < -0.4 is 0 Å². The zero-order valence-electron chi connectivity index (χ0n) is 17.8. The molecule has 0 heterocycles. The van der Waals surface area contributed by atoms with Crippen LogP contribution in [-0.4, -0.2) is 23.3 Å². The number of hydrogen-bond acceptors (Lipinski definition) is 3. The Morgan fingerprint density at radius 1 is 0.968 bits per heavy atom. The van der Waals surface area contributed by atoms with Crippen molar-refractivity contribution in [3.05, 3.63) is 105 Å². The summed E-state index contributed by atoms with van der Waals surface area (Å²) >= 11 is 9.78. The Labute approximate surface area is 197 Å². The van der Waals surface area contributed by atoms with Crippen molar-refractivity contribution in [3.63, 3.8) is 0 Å². The molecule has 0 saturated heterocycles. The lowest BCUT2D eigenvalue weighted by atomic mass is 10.0. The number of halogens is 2. The van der Waals surface area contributed by atoms with Gasteiger partial charge in [-0.1, -0.05) is 88.2 Å². The molecule has 3 aromatic carbocycles. The molecule has 0 spiro atoms. The minimum Gasteiger partial charge on any atom is -0.458 e. The third-order valence-corrected chi connectivity index (χ3v) is 5.49. The third-order valence-electron chi connectivity index (χ3n) is 4.48. The molecule has 0 aliphatic heterocycles. The Hall–Kier alpha value is -2.43. The molecule has 3 rings (SSSR count). The number of ether oxygens (including phenoxy) is 1. The highest BCUT2D eigenvalue weighted by Crippen LogP contribution is 2.25. The minimum atomic E-state index is -0.732. The van der Waals surface area contributed by atoms with E-state index >= 15 is 0 Å². The van der Waals surface area contributed by atoms with E-state index in [4.69, 9.17) is 21.3 Å². The van der Waals surface area contributed by atoms with Crippen LogP contribution in [-0.2, 0) is 16.0 Å². The molecule has 0 bridgehead atoms. The van der Waals surface area contributed by atoms with Gasteiger partial charge >= 0.3 is 5.97 Å². The summed E-state index contributed by atoms with van der Waals surface area (Å²) in [5.74, 6) is -0.372. The Bertz CT molecular complexity index is 1020. The third kappa shape index (κ3) is 6.78. The first-order valence-electron chi connectivity index (χ1n) is 10.1. The van der Waals surface area contributed by atoms with Crippen LogP contribution in [0.15, 0.2) is 88.3 Å². The molecule has 31 heavy (non-hydrogen) atoms. The first-order valence-corrected chi connectivity index (χ1v) is 11.3. The van der Waals surface area contributed by atoms with Crippen LogP contribution in [0.4, 0.5) is 0 Å². The molecule has 0 unspecified atom stereocenters. The van der Waals surface area contributed by atoms with E-state index in [0.29, 0.717) is 11.4 Å². The standard InChI is InChI=1S/C26H25BrClNO2/c1-26(2,3)31-25(30)23(17-20-16-21(28)14-15-22(20)27)29-24(18-10-6-4-7-11-18)19-12-8-5-9-13-19/h4-16,23H,17H2,1-3H3/t23-/m1/s1. The largest absolute Gasteiger partial charge is 0.458 e. The highest BCUT2D eigenvalue weighted by molar-refractivity contribution is 9.10. The summed E-state index contributed by atoms with van der Waals surface area (Å²) in [4.78, 5) is 18.1. The summed E-state index contributed by atoms with van der Waals surface area (Å²) in [6, 6.07) is 24.5. The zero-order valence-corrected chi connectivity index (χ0v) is 20.2.